The Morgan fingerprint density at radius 2 is 2.00 bits per heavy atom. The fourth-order valence-electron chi connectivity index (χ4n) is 4.03. The van der Waals surface area contributed by atoms with Crippen LogP contribution in [0.1, 0.15) is 56.2 Å². The van der Waals surface area contributed by atoms with E-state index in [2.05, 4.69) is 36.1 Å². The number of hydrogen-bond donors (Lipinski definition) is 1. The van der Waals surface area contributed by atoms with Crippen molar-refractivity contribution in [3.63, 3.8) is 0 Å². The molecule has 110 valence electrons. The van der Waals surface area contributed by atoms with Crippen LogP contribution in [0.25, 0.3) is 0 Å². The first-order valence-electron chi connectivity index (χ1n) is 8.33. The first-order valence-corrected chi connectivity index (χ1v) is 8.33. The molecule has 3 rings (SSSR count). The van der Waals surface area contributed by atoms with Crippen LogP contribution in [0.5, 0.6) is 0 Å². The summed E-state index contributed by atoms with van der Waals surface area (Å²) in [5, 5.41) is 0. The lowest BCUT2D eigenvalue weighted by Gasteiger charge is -2.40. The largest absolute Gasteiger partial charge is 0.328 e. The van der Waals surface area contributed by atoms with Gasteiger partial charge in [0.1, 0.15) is 0 Å². The number of nitrogens with zero attached hydrogens (tertiary/aromatic N) is 1. The molecule has 1 aliphatic carbocycles. The second kappa shape index (κ2) is 6.28. The molecule has 1 aromatic carbocycles. The van der Waals surface area contributed by atoms with E-state index in [1.54, 1.807) is 11.1 Å². The molecule has 2 nitrogen and oxygen atoms in total. The Kier molecular flexibility index (Phi) is 4.42. The van der Waals surface area contributed by atoms with Gasteiger partial charge in [0, 0.05) is 18.6 Å². The molecule has 0 radical (unpaired) electrons. The highest BCUT2D eigenvalue weighted by molar-refractivity contribution is 5.31. The third kappa shape index (κ3) is 2.91. The van der Waals surface area contributed by atoms with Crippen molar-refractivity contribution in [1.29, 1.82) is 0 Å². The SMILES string of the molecule is CC(N)C1CCCN(C2CCCCc3ccccc32)C1. The number of fused-ring (bicyclic) bond motifs is 1. The topological polar surface area (TPSA) is 29.3 Å². The van der Waals surface area contributed by atoms with Crippen molar-refractivity contribution < 1.29 is 0 Å². The maximum absolute atomic E-state index is 6.16. The fraction of sp³-hybridized carbons (Fsp3) is 0.667. The van der Waals surface area contributed by atoms with E-state index >= 15 is 0 Å². The van der Waals surface area contributed by atoms with Crippen LogP contribution in [0.4, 0.5) is 0 Å². The average molecular weight is 272 g/mol. The second-order valence-corrected chi connectivity index (χ2v) is 6.72. The van der Waals surface area contributed by atoms with E-state index in [4.69, 9.17) is 5.73 Å². The van der Waals surface area contributed by atoms with Crippen molar-refractivity contribution in [3.05, 3.63) is 35.4 Å². The molecular formula is C18H28N2. The lowest BCUT2D eigenvalue weighted by molar-refractivity contribution is 0.107. The Morgan fingerprint density at radius 3 is 2.85 bits per heavy atom. The van der Waals surface area contributed by atoms with Gasteiger partial charge in [0.25, 0.3) is 0 Å². The van der Waals surface area contributed by atoms with Crippen molar-refractivity contribution in [2.45, 2.75) is 57.5 Å². The Balaban J connectivity index is 1.82. The predicted octanol–water partition coefficient (Wildman–Crippen LogP) is 3.51. The minimum Gasteiger partial charge on any atom is -0.328 e. The minimum absolute atomic E-state index is 0.332. The van der Waals surface area contributed by atoms with Gasteiger partial charge in [0.15, 0.2) is 0 Å². The quantitative estimate of drug-likeness (QED) is 0.835. The highest BCUT2D eigenvalue weighted by Gasteiger charge is 2.30. The predicted molar refractivity (Wildman–Crippen MR) is 84.7 cm³/mol. The normalized spacial score (nSPS) is 29.5. The molecule has 0 bridgehead atoms. The molecule has 0 saturated carbocycles. The number of hydrogen-bond acceptors (Lipinski definition) is 2. The van der Waals surface area contributed by atoms with Crippen LogP contribution < -0.4 is 5.73 Å². The van der Waals surface area contributed by atoms with Crippen molar-refractivity contribution in [1.82, 2.24) is 4.90 Å². The summed E-state index contributed by atoms with van der Waals surface area (Å²) < 4.78 is 0. The van der Waals surface area contributed by atoms with E-state index in [1.807, 2.05) is 0 Å². The smallest absolute Gasteiger partial charge is 0.0350 e. The van der Waals surface area contributed by atoms with E-state index in [1.165, 1.54) is 51.6 Å². The van der Waals surface area contributed by atoms with Crippen LogP contribution in [-0.2, 0) is 6.42 Å². The average Bonchev–Trinajstić information content (AvgIpc) is 2.69. The van der Waals surface area contributed by atoms with Gasteiger partial charge in [-0.3, -0.25) is 4.90 Å². The van der Waals surface area contributed by atoms with Crippen molar-refractivity contribution >= 4 is 0 Å². The molecule has 1 aliphatic heterocycles. The summed E-state index contributed by atoms with van der Waals surface area (Å²) in [5.74, 6) is 0.680. The molecular weight excluding hydrogens is 244 g/mol. The van der Waals surface area contributed by atoms with E-state index in [0.29, 0.717) is 18.0 Å². The molecule has 1 saturated heterocycles. The third-order valence-electron chi connectivity index (χ3n) is 5.26. The van der Waals surface area contributed by atoms with Crippen LogP contribution in [0.15, 0.2) is 24.3 Å². The molecule has 2 heteroatoms. The summed E-state index contributed by atoms with van der Waals surface area (Å²) in [7, 11) is 0. The number of aryl methyl sites for hydroxylation is 1. The molecule has 0 aromatic heterocycles. The number of nitrogens with two attached hydrogens (primary N) is 1. The number of rotatable bonds is 2. The monoisotopic (exact) mass is 272 g/mol. The molecule has 3 atom stereocenters. The van der Waals surface area contributed by atoms with Crippen molar-refractivity contribution in [2.75, 3.05) is 13.1 Å². The van der Waals surface area contributed by atoms with Gasteiger partial charge in [-0.1, -0.05) is 30.7 Å². The molecule has 1 heterocycles. The number of benzene rings is 1. The van der Waals surface area contributed by atoms with Gasteiger partial charge < -0.3 is 5.73 Å². The molecule has 0 spiro atoms. The fourth-order valence-corrected chi connectivity index (χ4v) is 4.03. The first-order chi connectivity index (χ1) is 9.75. The maximum Gasteiger partial charge on any atom is 0.0350 e. The summed E-state index contributed by atoms with van der Waals surface area (Å²) in [6, 6.07) is 10.1. The standard InChI is InChI=1S/C18H28N2/c1-14(19)16-9-6-12-20(13-16)18-11-5-3-8-15-7-2-4-10-17(15)18/h2,4,7,10,14,16,18H,3,5-6,8-9,11-13,19H2,1H3. The van der Waals surface area contributed by atoms with E-state index in [0.717, 1.165) is 0 Å². The summed E-state index contributed by atoms with van der Waals surface area (Å²) >= 11 is 0. The number of piperidine rings is 1. The highest BCUT2D eigenvalue weighted by atomic mass is 15.2. The summed E-state index contributed by atoms with van der Waals surface area (Å²) in [6.07, 6.45) is 7.91. The Hall–Kier alpha value is -0.860. The van der Waals surface area contributed by atoms with Gasteiger partial charge in [-0.2, -0.15) is 0 Å². The maximum atomic E-state index is 6.16. The van der Waals surface area contributed by atoms with Gasteiger partial charge in [0.05, 0.1) is 0 Å². The zero-order chi connectivity index (χ0) is 13.9. The van der Waals surface area contributed by atoms with Gasteiger partial charge in [0.2, 0.25) is 0 Å². The Morgan fingerprint density at radius 1 is 1.15 bits per heavy atom. The van der Waals surface area contributed by atoms with Gasteiger partial charge in [-0.05, 0) is 62.6 Å². The number of likely N-dealkylation sites (tertiary alicyclic amines) is 1. The second-order valence-electron chi connectivity index (χ2n) is 6.72. The molecule has 1 fully saturated rings. The summed E-state index contributed by atoms with van der Waals surface area (Å²) in [6.45, 7) is 4.62. The van der Waals surface area contributed by atoms with E-state index < -0.39 is 0 Å². The van der Waals surface area contributed by atoms with Crippen LogP contribution >= 0.6 is 0 Å². The zero-order valence-corrected chi connectivity index (χ0v) is 12.7. The molecule has 3 unspecified atom stereocenters. The first kappa shape index (κ1) is 14.1. The molecule has 1 aromatic rings. The zero-order valence-electron chi connectivity index (χ0n) is 12.7. The van der Waals surface area contributed by atoms with Gasteiger partial charge >= 0.3 is 0 Å². The Labute approximate surface area is 123 Å². The van der Waals surface area contributed by atoms with Crippen LogP contribution in [0.3, 0.4) is 0 Å². The lowest BCUT2D eigenvalue weighted by atomic mass is 9.89. The lowest BCUT2D eigenvalue weighted by Crippen LogP contribution is -2.43. The minimum atomic E-state index is 0.332. The van der Waals surface area contributed by atoms with Crippen molar-refractivity contribution in [2.24, 2.45) is 11.7 Å². The highest BCUT2D eigenvalue weighted by Crippen LogP contribution is 2.35. The van der Waals surface area contributed by atoms with Gasteiger partial charge in [-0.25, -0.2) is 0 Å². The molecule has 2 N–H and O–H groups in total. The molecule has 0 amide bonds. The van der Waals surface area contributed by atoms with Crippen LogP contribution in [0.2, 0.25) is 0 Å². The Bertz CT molecular complexity index is 441. The molecule has 2 aliphatic rings. The van der Waals surface area contributed by atoms with Crippen LogP contribution in [0, 0.1) is 5.92 Å². The molecule has 20 heavy (non-hydrogen) atoms. The van der Waals surface area contributed by atoms with Crippen molar-refractivity contribution in [3.8, 4) is 0 Å². The van der Waals surface area contributed by atoms with Crippen LogP contribution in [-0.4, -0.2) is 24.0 Å². The van der Waals surface area contributed by atoms with E-state index in [-0.39, 0.29) is 0 Å². The third-order valence-corrected chi connectivity index (χ3v) is 5.26. The summed E-state index contributed by atoms with van der Waals surface area (Å²) in [5.41, 5.74) is 9.33. The summed E-state index contributed by atoms with van der Waals surface area (Å²) in [4.78, 5) is 2.72. The van der Waals surface area contributed by atoms with E-state index in [9.17, 15) is 0 Å². The van der Waals surface area contributed by atoms with Gasteiger partial charge in [-0.15, -0.1) is 0 Å².